The molecule has 1 nitrogen and oxygen atoms in total. The largest absolute Gasteiger partial charge is 0.362 e. The molecule has 3 rings (SSSR count). The zero-order valence-electron chi connectivity index (χ0n) is 11.7. The molecule has 0 amide bonds. The van der Waals surface area contributed by atoms with Crippen LogP contribution in [-0.4, -0.2) is 6.10 Å². The third-order valence-electron chi connectivity index (χ3n) is 4.63. The first-order chi connectivity index (χ1) is 9.85. The van der Waals surface area contributed by atoms with Gasteiger partial charge in [0.1, 0.15) is 0 Å². The van der Waals surface area contributed by atoms with Gasteiger partial charge in [-0.1, -0.05) is 60.7 Å². The van der Waals surface area contributed by atoms with Gasteiger partial charge in [-0.25, -0.2) is 0 Å². The molecule has 2 heteroatoms. The van der Waals surface area contributed by atoms with Crippen LogP contribution >= 0.6 is 9.47 Å². The highest BCUT2D eigenvalue weighted by molar-refractivity contribution is 7.09. The van der Waals surface area contributed by atoms with Crippen LogP contribution in [0.25, 0.3) is 0 Å². The van der Waals surface area contributed by atoms with Crippen molar-refractivity contribution < 1.29 is 4.52 Å². The number of rotatable bonds is 3. The monoisotopic (exact) mass is 284 g/mol. The highest BCUT2D eigenvalue weighted by Crippen LogP contribution is 2.45. The second-order valence-corrected chi connectivity index (χ2v) is 5.92. The van der Waals surface area contributed by atoms with Crippen molar-refractivity contribution in [2.24, 2.45) is 0 Å². The summed E-state index contributed by atoms with van der Waals surface area (Å²) in [6.45, 7) is 0. The molecule has 0 radical (unpaired) electrons. The highest BCUT2D eigenvalue weighted by Gasteiger charge is 2.38. The van der Waals surface area contributed by atoms with Gasteiger partial charge in [-0.15, -0.1) is 0 Å². The van der Waals surface area contributed by atoms with Crippen LogP contribution < -0.4 is 0 Å². The molecule has 0 N–H and O–H groups in total. The third kappa shape index (κ3) is 2.53. The van der Waals surface area contributed by atoms with E-state index in [0.29, 0.717) is 6.10 Å². The third-order valence-corrected chi connectivity index (χ3v) is 5.02. The summed E-state index contributed by atoms with van der Waals surface area (Å²) < 4.78 is 5.47. The Hall–Kier alpha value is -1.17. The van der Waals surface area contributed by atoms with Gasteiger partial charge in [0.2, 0.25) is 0 Å². The van der Waals surface area contributed by atoms with Crippen molar-refractivity contribution in [1.82, 2.24) is 0 Å². The first kappa shape index (κ1) is 13.8. The zero-order chi connectivity index (χ0) is 13.8. The van der Waals surface area contributed by atoms with Crippen molar-refractivity contribution >= 4 is 9.47 Å². The second kappa shape index (κ2) is 6.08. The Bertz CT molecular complexity index is 488. The van der Waals surface area contributed by atoms with Gasteiger partial charge in [-0.2, -0.15) is 0 Å². The molecule has 0 aliphatic heterocycles. The minimum Gasteiger partial charge on any atom is -0.362 e. The van der Waals surface area contributed by atoms with Crippen LogP contribution in [0.4, 0.5) is 0 Å². The Morgan fingerprint density at radius 2 is 1.25 bits per heavy atom. The summed E-state index contributed by atoms with van der Waals surface area (Å²) in [6, 6.07) is 21.9. The Morgan fingerprint density at radius 1 is 0.800 bits per heavy atom. The van der Waals surface area contributed by atoms with Crippen LogP contribution in [0.1, 0.15) is 36.8 Å². The van der Waals surface area contributed by atoms with Gasteiger partial charge in [0.15, 0.2) is 0 Å². The first-order valence-corrected chi connectivity index (χ1v) is 7.79. The SMILES string of the molecule is POC1CCC(c2ccccc2)(c2ccccc2)CC1. The molecule has 0 saturated heterocycles. The molecule has 20 heavy (non-hydrogen) atoms. The normalized spacial score (nSPS) is 18.9. The molecule has 1 aliphatic carbocycles. The molecule has 1 atom stereocenters. The average molecular weight is 284 g/mol. The zero-order valence-corrected chi connectivity index (χ0v) is 12.8. The minimum atomic E-state index is 0.155. The number of hydrogen-bond acceptors (Lipinski definition) is 1. The lowest BCUT2D eigenvalue weighted by atomic mass is 9.65. The molecule has 0 bridgehead atoms. The Morgan fingerprint density at radius 3 is 1.65 bits per heavy atom. The summed E-state index contributed by atoms with van der Waals surface area (Å²) in [4.78, 5) is 0. The predicted octanol–water partition coefficient (Wildman–Crippen LogP) is 4.72. The quantitative estimate of drug-likeness (QED) is 0.741. The summed E-state index contributed by atoms with van der Waals surface area (Å²) in [7, 11) is 2.42. The molecule has 0 aromatic heterocycles. The van der Waals surface area contributed by atoms with Crippen LogP contribution in [0.3, 0.4) is 0 Å². The van der Waals surface area contributed by atoms with E-state index in [1.54, 1.807) is 0 Å². The van der Waals surface area contributed by atoms with E-state index >= 15 is 0 Å². The minimum absolute atomic E-state index is 0.155. The van der Waals surface area contributed by atoms with E-state index in [9.17, 15) is 0 Å². The van der Waals surface area contributed by atoms with E-state index in [1.807, 2.05) is 0 Å². The van der Waals surface area contributed by atoms with Crippen molar-refractivity contribution in [3.8, 4) is 0 Å². The molecule has 0 heterocycles. The standard InChI is InChI=1S/C18H21OP/c20-19-17-11-13-18(14-12-17,15-7-3-1-4-8-15)16-9-5-2-6-10-16/h1-10,17H,11-14,20H2. The van der Waals surface area contributed by atoms with E-state index in [4.69, 9.17) is 4.52 Å². The molecule has 2 aromatic rings. The second-order valence-electron chi connectivity index (χ2n) is 5.65. The maximum atomic E-state index is 5.47. The topological polar surface area (TPSA) is 9.23 Å². The Labute approximate surface area is 123 Å². The van der Waals surface area contributed by atoms with Gasteiger partial charge < -0.3 is 4.52 Å². The van der Waals surface area contributed by atoms with Gasteiger partial charge in [-0.05, 0) is 36.8 Å². The predicted molar refractivity (Wildman–Crippen MR) is 86.7 cm³/mol. The van der Waals surface area contributed by atoms with Crippen LogP contribution in [0.2, 0.25) is 0 Å². The molecule has 1 fully saturated rings. The Balaban J connectivity index is 2.01. The van der Waals surface area contributed by atoms with Crippen molar-refractivity contribution in [1.29, 1.82) is 0 Å². The van der Waals surface area contributed by atoms with Crippen molar-refractivity contribution in [3.05, 3.63) is 71.8 Å². The smallest absolute Gasteiger partial charge is 0.0611 e. The fourth-order valence-electron chi connectivity index (χ4n) is 3.48. The lowest BCUT2D eigenvalue weighted by Crippen LogP contribution is -2.34. The van der Waals surface area contributed by atoms with Gasteiger partial charge in [0.05, 0.1) is 6.10 Å². The highest BCUT2D eigenvalue weighted by atomic mass is 31.0. The molecule has 1 aliphatic rings. The van der Waals surface area contributed by atoms with E-state index < -0.39 is 0 Å². The summed E-state index contributed by atoms with van der Waals surface area (Å²) in [5.41, 5.74) is 3.03. The van der Waals surface area contributed by atoms with Gasteiger partial charge in [-0.3, -0.25) is 0 Å². The maximum absolute atomic E-state index is 5.47. The van der Waals surface area contributed by atoms with E-state index in [-0.39, 0.29) is 5.41 Å². The summed E-state index contributed by atoms with van der Waals surface area (Å²) in [5, 5.41) is 0. The summed E-state index contributed by atoms with van der Waals surface area (Å²) in [5.74, 6) is 0. The molecular formula is C18H21OP. The van der Waals surface area contributed by atoms with Crippen LogP contribution in [0, 0.1) is 0 Å². The van der Waals surface area contributed by atoms with Crippen molar-refractivity contribution in [3.63, 3.8) is 0 Å². The molecule has 1 unspecified atom stereocenters. The van der Waals surface area contributed by atoms with Crippen LogP contribution in [-0.2, 0) is 9.94 Å². The van der Waals surface area contributed by atoms with Crippen molar-refractivity contribution in [2.75, 3.05) is 0 Å². The van der Waals surface area contributed by atoms with E-state index in [2.05, 4.69) is 70.1 Å². The molecular weight excluding hydrogens is 263 g/mol. The van der Waals surface area contributed by atoms with Crippen LogP contribution in [0.5, 0.6) is 0 Å². The molecule has 0 spiro atoms. The van der Waals surface area contributed by atoms with Gasteiger partial charge in [0.25, 0.3) is 0 Å². The fraction of sp³-hybridized carbons (Fsp3) is 0.333. The first-order valence-electron chi connectivity index (χ1n) is 7.32. The lowest BCUT2D eigenvalue weighted by Gasteiger charge is -2.41. The van der Waals surface area contributed by atoms with Crippen LogP contribution in [0.15, 0.2) is 60.7 Å². The van der Waals surface area contributed by atoms with E-state index in [1.165, 1.54) is 11.1 Å². The fourth-order valence-corrected chi connectivity index (χ4v) is 3.75. The summed E-state index contributed by atoms with van der Waals surface area (Å²) in [6.07, 6.45) is 4.93. The molecule has 104 valence electrons. The average Bonchev–Trinajstić information content (AvgIpc) is 2.56. The van der Waals surface area contributed by atoms with Crippen molar-refractivity contribution in [2.45, 2.75) is 37.2 Å². The Kier molecular flexibility index (Phi) is 4.19. The molecule has 1 saturated carbocycles. The van der Waals surface area contributed by atoms with E-state index in [0.717, 1.165) is 25.7 Å². The number of benzene rings is 2. The maximum Gasteiger partial charge on any atom is 0.0611 e. The van der Waals surface area contributed by atoms with Gasteiger partial charge >= 0.3 is 0 Å². The summed E-state index contributed by atoms with van der Waals surface area (Å²) >= 11 is 0. The van der Waals surface area contributed by atoms with Gasteiger partial charge in [0, 0.05) is 14.9 Å². The molecule has 2 aromatic carbocycles. The number of hydrogen-bond donors (Lipinski definition) is 0. The lowest BCUT2D eigenvalue weighted by molar-refractivity contribution is 0.150.